The van der Waals surface area contributed by atoms with Crippen molar-refractivity contribution in [2.24, 2.45) is 7.05 Å². The minimum absolute atomic E-state index is 0.0730. The fourth-order valence-electron chi connectivity index (χ4n) is 2.48. The molecule has 3 aromatic rings. The van der Waals surface area contributed by atoms with Crippen molar-refractivity contribution < 1.29 is 4.79 Å². The molecule has 1 aromatic heterocycles. The molecule has 0 aliphatic heterocycles. The third-order valence-electron chi connectivity index (χ3n) is 3.58. The lowest BCUT2D eigenvalue weighted by molar-refractivity contribution is 0.102. The molecule has 0 aliphatic rings. The van der Waals surface area contributed by atoms with Gasteiger partial charge in [0.1, 0.15) is 0 Å². The minimum atomic E-state index is -0.0730. The van der Waals surface area contributed by atoms with E-state index in [2.05, 4.69) is 34.0 Å². The van der Waals surface area contributed by atoms with E-state index in [1.165, 1.54) is 0 Å². The number of carbonyl (C=O) groups is 1. The Balaban J connectivity index is 1.98. The van der Waals surface area contributed by atoms with Crippen molar-refractivity contribution in [3.8, 4) is 0 Å². The molecule has 0 atom stereocenters. The van der Waals surface area contributed by atoms with Crippen molar-refractivity contribution in [3.05, 3.63) is 63.4 Å². The van der Waals surface area contributed by atoms with Crippen LogP contribution in [0.2, 0.25) is 0 Å². The van der Waals surface area contributed by atoms with E-state index in [1.54, 1.807) is 0 Å². The van der Waals surface area contributed by atoms with Gasteiger partial charge >= 0.3 is 0 Å². The standard InChI is InChI=1S/C17H15IN2O/c1-11-9-12(18)7-8-15(11)19-17(21)14-10-20(2)16-6-4-3-5-13(14)16/h3-10H,1-2H3,(H,19,21). The van der Waals surface area contributed by atoms with Gasteiger partial charge in [-0.1, -0.05) is 18.2 Å². The molecule has 0 bridgehead atoms. The molecule has 0 radical (unpaired) electrons. The van der Waals surface area contributed by atoms with Crippen LogP contribution >= 0.6 is 22.6 Å². The van der Waals surface area contributed by atoms with Crippen LogP contribution in [0.15, 0.2) is 48.7 Å². The molecule has 21 heavy (non-hydrogen) atoms. The largest absolute Gasteiger partial charge is 0.350 e. The molecule has 0 unspecified atom stereocenters. The van der Waals surface area contributed by atoms with Gasteiger partial charge < -0.3 is 9.88 Å². The van der Waals surface area contributed by atoms with Crippen molar-refractivity contribution in [3.63, 3.8) is 0 Å². The van der Waals surface area contributed by atoms with Crippen LogP contribution in [0.5, 0.6) is 0 Å². The zero-order chi connectivity index (χ0) is 15.0. The Bertz CT molecular complexity index is 836. The number of hydrogen-bond acceptors (Lipinski definition) is 1. The van der Waals surface area contributed by atoms with Gasteiger partial charge in [-0.3, -0.25) is 4.79 Å². The summed E-state index contributed by atoms with van der Waals surface area (Å²) in [4.78, 5) is 12.6. The molecule has 3 rings (SSSR count). The number of halogens is 1. The number of aryl methyl sites for hydroxylation is 2. The number of aromatic nitrogens is 1. The molecule has 0 spiro atoms. The van der Waals surface area contributed by atoms with Crippen molar-refractivity contribution >= 4 is 45.1 Å². The molecule has 2 aromatic carbocycles. The van der Waals surface area contributed by atoms with Gasteiger partial charge in [-0.2, -0.15) is 0 Å². The summed E-state index contributed by atoms with van der Waals surface area (Å²) in [5.74, 6) is -0.0730. The van der Waals surface area contributed by atoms with Gasteiger partial charge in [-0.05, 0) is 59.3 Å². The SMILES string of the molecule is Cc1cc(I)ccc1NC(=O)c1cn(C)c2ccccc12. The molecule has 1 heterocycles. The quantitative estimate of drug-likeness (QED) is 0.649. The summed E-state index contributed by atoms with van der Waals surface area (Å²) in [6.45, 7) is 2.00. The molecule has 0 saturated carbocycles. The van der Waals surface area contributed by atoms with E-state index in [-0.39, 0.29) is 5.91 Å². The van der Waals surface area contributed by atoms with E-state index in [1.807, 2.05) is 61.1 Å². The number of benzene rings is 2. The third kappa shape index (κ3) is 2.68. The first kappa shape index (κ1) is 14.1. The number of nitrogens with zero attached hydrogens (tertiary/aromatic N) is 1. The number of rotatable bonds is 2. The van der Waals surface area contributed by atoms with E-state index in [0.29, 0.717) is 5.56 Å². The van der Waals surface area contributed by atoms with Gasteiger partial charge in [0.05, 0.1) is 5.56 Å². The van der Waals surface area contributed by atoms with Crippen LogP contribution in [-0.4, -0.2) is 10.5 Å². The summed E-state index contributed by atoms with van der Waals surface area (Å²) < 4.78 is 3.14. The Morgan fingerprint density at radius 1 is 1.19 bits per heavy atom. The number of nitrogens with one attached hydrogen (secondary N) is 1. The highest BCUT2D eigenvalue weighted by Gasteiger charge is 2.14. The molecule has 0 fully saturated rings. The summed E-state index contributed by atoms with van der Waals surface area (Å²) in [7, 11) is 1.95. The van der Waals surface area contributed by atoms with Gasteiger partial charge in [0.2, 0.25) is 0 Å². The van der Waals surface area contributed by atoms with E-state index >= 15 is 0 Å². The smallest absolute Gasteiger partial charge is 0.257 e. The van der Waals surface area contributed by atoms with Crippen LogP contribution in [0, 0.1) is 10.5 Å². The highest BCUT2D eigenvalue weighted by Crippen LogP contribution is 2.23. The van der Waals surface area contributed by atoms with Crippen LogP contribution in [0.3, 0.4) is 0 Å². The topological polar surface area (TPSA) is 34.0 Å². The predicted molar refractivity (Wildman–Crippen MR) is 94.8 cm³/mol. The molecule has 3 nitrogen and oxygen atoms in total. The van der Waals surface area contributed by atoms with E-state index < -0.39 is 0 Å². The van der Waals surface area contributed by atoms with Crippen LogP contribution in [0.1, 0.15) is 15.9 Å². The van der Waals surface area contributed by atoms with Gasteiger partial charge in [0.15, 0.2) is 0 Å². The van der Waals surface area contributed by atoms with Gasteiger partial charge in [0, 0.05) is 33.4 Å². The minimum Gasteiger partial charge on any atom is -0.350 e. The molecule has 0 saturated heterocycles. The summed E-state index contributed by atoms with van der Waals surface area (Å²) in [6.07, 6.45) is 1.88. The molecular weight excluding hydrogens is 375 g/mol. The molecule has 1 N–H and O–H groups in total. The molecule has 0 aliphatic carbocycles. The fourth-order valence-corrected chi connectivity index (χ4v) is 3.13. The Kier molecular flexibility index (Phi) is 3.71. The second-order valence-electron chi connectivity index (χ2n) is 5.08. The fraction of sp³-hybridized carbons (Fsp3) is 0.118. The van der Waals surface area contributed by atoms with Crippen LogP contribution in [-0.2, 0) is 7.05 Å². The average molecular weight is 390 g/mol. The summed E-state index contributed by atoms with van der Waals surface area (Å²) in [5.41, 5.74) is 3.68. The number of fused-ring (bicyclic) bond motifs is 1. The summed E-state index contributed by atoms with van der Waals surface area (Å²) in [5, 5.41) is 3.98. The lowest BCUT2D eigenvalue weighted by Gasteiger charge is -2.08. The maximum atomic E-state index is 12.6. The van der Waals surface area contributed by atoms with Gasteiger partial charge in [-0.15, -0.1) is 0 Å². The second-order valence-corrected chi connectivity index (χ2v) is 6.33. The summed E-state index contributed by atoms with van der Waals surface area (Å²) >= 11 is 2.27. The van der Waals surface area contributed by atoms with Crippen molar-refractivity contribution in [1.82, 2.24) is 4.57 Å². The van der Waals surface area contributed by atoms with E-state index in [4.69, 9.17) is 0 Å². The van der Waals surface area contributed by atoms with Crippen molar-refractivity contribution in [1.29, 1.82) is 0 Å². The first-order valence-corrected chi connectivity index (χ1v) is 7.75. The Labute approximate surface area is 137 Å². The number of hydrogen-bond donors (Lipinski definition) is 1. The molecule has 1 amide bonds. The number of para-hydroxylation sites is 1. The molecular formula is C17H15IN2O. The third-order valence-corrected chi connectivity index (χ3v) is 4.25. The monoisotopic (exact) mass is 390 g/mol. The number of carbonyl (C=O) groups excluding carboxylic acids is 1. The van der Waals surface area contributed by atoms with Gasteiger partial charge in [-0.25, -0.2) is 0 Å². The van der Waals surface area contributed by atoms with E-state index in [0.717, 1.165) is 25.7 Å². The van der Waals surface area contributed by atoms with Gasteiger partial charge in [0.25, 0.3) is 5.91 Å². The van der Waals surface area contributed by atoms with E-state index in [9.17, 15) is 4.79 Å². The van der Waals surface area contributed by atoms with Crippen LogP contribution in [0.25, 0.3) is 10.9 Å². The average Bonchev–Trinajstić information content (AvgIpc) is 2.80. The summed E-state index contributed by atoms with van der Waals surface area (Å²) in [6, 6.07) is 13.9. The number of amides is 1. The van der Waals surface area contributed by atoms with Crippen molar-refractivity contribution in [2.45, 2.75) is 6.92 Å². The lowest BCUT2D eigenvalue weighted by atomic mass is 10.1. The first-order chi connectivity index (χ1) is 10.1. The highest BCUT2D eigenvalue weighted by atomic mass is 127. The lowest BCUT2D eigenvalue weighted by Crippen LogP contribution is -2.12. The highest BCUT2D eigenvalue weighted by molar-refractivity contribution is 14.1. The maximum Gasteiger partial charge on any atom is 0.257 e. The predicted octanol–water partition coefficient (Wildman–Crippen LogP) is 4.34. The van der Waals surface area contributed by atoms with Crippen LogP contribution in [0.4, 0.5) is 5.69 Å². The maximum absolute atomic E-state index is 12.6. The normalized spacial score (nSPS) is 10.8. The molecule has 106 valence electrons. The van der Waals surface area contributed by atoms with Crippen molar-refractivity contribution in [2.75, 3.05) is 5.32 Å². The first-order valence-electron chi connectivity index (χ1n) is 6.68. The Morgan fingerprint density at radius 2 is 1.95 bits per heavy atom. The Morgan fingerprint density at radius 3 is 2.71 bits per heavy atom. The zero-order valence-electron chi connectivity index (χ0n) is 11.9. The van der Waals surface area contributed by atoms with Crippen LogP contribution < -0.4 is 5.32 Å². The second kappa shape index (κ2) is 5.52. The molecule has 4 heteroatoms. The Hall–Kier alpha value is -1.82. The zero-order valence-corrected chi connectivity index (χ0v) is 14.0. The number of anilines is 1.